The van der Waals surface area contributed by atoms with Crippen LogP contribution in [0.1, 0.15) is 12.0 Å². The number of nitrogen functional groups attached to an aromatic ring is 1. The molecule has 0 aliphatic carbocycles. The third-order valence-electron chi connectivity index (χ3n) is 2.38. The Morgan fingerprint density at radius 2 is 2.11 bits per heavy atom. The van der Waals surface area contributed by atoms with Crippen molar-refractivity contribution in [1.29, 1.82) is 0 Å². The van der Waals surface area contributed by atoms with Crippen LogP contribution in [0.2, 0.25) is 0 Å². The van der Waals surface area contributed by atoms with Gasteiger partial charge in [0, 0.05) is 6.54 Å². The Bertz CT molecular complexity index is 495. The molecule has 102 valence electrons. The van der Waals surface area contributed by atoms with Crippen molar-refractivity contribution in [3.63, 3.8) is 0 Å². The van der Waals surface area contributed by atoms with Gasteiger partial charge in [-0.3, -0.25) is 0 Å². The summed E-state index contributed by atoms with van der Waals surface area (Å²) in [7, 11) is -3.61. The van der Waals surface area contributed by atoms with Crippen molar-refractivity contribution in [3.05, 3.63) is 23.5 Å². The Hall–Kier alpha value is -0.790. The Morgan fingerprint density at radius 3 is 2.67 bits per heavy atom. The van der Waals surface area contributed by atoms with Crippen molar-refractivity contribution >= 4 is 27.5 Å². The van der Waals surface area contributed by atoms with E-state index in [9.17, 15) is 12.8 Å². The lowest BCUT2D eigenvalue weighted by molar-refractivity contribution is 0.580. The van der Waals surface area contributed by atoms with E-state index in [4.69, 9.17) is 5.73 Å². The standard InChI is InChI=1S/C11H17FN2O2S2/c1-8-6-9(7-10(13)11(8)12)18(15,16)14-4-3-5-17-2/h6-7,14H,3-5,13H2,1-2H3. The van der Waals surface area contributed by atoms with Gasteiger partial charge in [-0.2, -0.15) is 11.8 Å². The fourth-order valence-electron chi connectivity index (χ4n) is 1.42. The molecule has 1 aromatic carbocycles. The van der Waals surface area contributed by atoms with Gasteiger partial charge >= 0.3 is 0 Å². The van der Waals surface area contributed by atoms with Crippen LogP contribution in [0.25, 0.3) is 0 Å². The molecule has 0 aromatic heterocycles. The Balaban J connectivity index is 2.85. The third kappa shape index (κ3) is 3.86. The first kappa shape index (κ1) is 15.3. The van der Waals surface area contributed by atoms with Crippen LogP contribution in [0.4, 0.5) is 10.1 Å². The average molecular weight is 292 g/mol. The highest BCUT2D eigenvalue weighted by atomic mass is 32.2. The Morgan fingerprint density at radius 1 is 1.44 bits per heavy atom. The monoisotopic (exact) mass is 292 g/mol. The number of nitrogens with one attached hydrogen (secondary N) is 1. The van der Waals surface area contributed by atoms with Gasteiger partial charge in [0.25, 0.3) is 0 Å². The summed E-state index contributed by atoms with van der Waals surface area (Å²) < 4.78 is 39.6. The number of anilines is 1. The summed E-state index contributed by atoms with van der Waals surface area (Å²) in [6.45, 7) is 1.85. The summed E-state index contributed by atoms with van der Waals surface area (Å²) in [4.78, 5) is 0.00283. The van der Waals surface area contributed by atoms with Crippen LogP contribution in [0.5, 0.6) is 0 Å². The van der Waals surface area contributed by atoms with Crippen LogP contribution in [-0.4, -0.2) is 27.0 Å². The van der Waals surface area contributed by atoms with E-state index in [1.807, 2.05) is 6.26 Å². The lowest BCUT2D eigenvalue weighted by atomic mass is 10.2. The summed E-state index contributed by atoms with van der Waals surface area (Å²) in [6.07, 6.45) is 2.70. The molecule has 18 heavy (non-hydrogen) atoms. The van der Waals surface area contributed by atoms with Gasteiger partial charge in [-0.25, -0.2) is 17.5 Å². The fourth-order valence-corrected chi connectivity index (χ4v) is 3.05. The molecular formula is C11H17FN2O2S2. The molecule has 0 heterocycles. The normalized spacial score (nSPS) is 11.7. The molecule has 0 fully saturated rings. The molecule has 3 N–H and O–H groups in total. The van der Waals surface area contributed by atoms with Crippen LogP contribution in [0, 0.1) is 12.7 Å². The largest absolute Gasteiger partial charge is 0.396 e. The van der Waals surface area contributed by atoms with Crippen LogP contribution in [0.3, 0.4) is 0 Å². The molecule has 1 aromatic rings. The Kier molecular flexibility index (Phi) is 5.43. The summed E-state index contributed by atoms with van der Waals surface area (Å²) in [5, 5.41) is 0. The number of benzene rings is 1. The number of thioether (sulfide) groups is 1. The zero-order valence-electron chi connectivity index (χ0n) is 10.4. The van der Waals surface area contributed by atoms with Gasteiger partial charge in [0.2, 0.25) is 10.0 Å². The molecule has 0 aliphatic heterocycles. The average Bonchev–Trinajstić information content (AvgIpc) is 2.31. The maximum absolute atomic E-state index is 13.3. The number of halogens is 1. The predicted octanol–water partition coefficient (Wildman–Crippen LogP) is 1.75. The van der Waals surface area contributed by atoms with Crippen molar-refractivity contribution < 1.29 is 12.8 Å². The number of hydrogen-bond donors (Lipinski definition) is 2. The Labute approximate surface area is 111 Å². The van der Waals surface area contributed by atoms with Crippen molar-refractivity contribution in [2.24, 2.45) is 0 Å². The van der Waals surface area contributed by atoms with Crippen LogP contribution in [0.15, 0.2) is 17.0 Å². The van der Waals surface area contributed by atoms with E-state index in [0.717, 1.165) is 18.2 Å². The molecule has 0 unspecified atom stereocenters. The van der Waals surface area contributed by atoms with Gasteiger partial charge in [-0.1, -0.05) is 0 Å². The van der Waals surface area contributed by atoms with Crippen molar-refractivity contribution in [2.45, 2.75) is 18.2 Å². The molecule has 0 radical (unpaired) electrons. The van der Waals surface area contributed by atoms with Crippen LogP contribution < -0.4 is 10.5 Å². The maximum atomic E-state index is 13.3. The van der Waals surface area contributed by atoms with Gasteiger partial charge in [-0.15, -0.1) is 0 Å². The first-order chi connectivity index (χ1) is 8.38. The molecule has 0 saturated heterocycles. The summed E-state index contributed by atoms with van der Waals surface area (Å²) >= 11 is 1.65. The lowest BCUT2D eigenvalue weighted by Gasteiger charge is -2.09. The second-order valence-corrected chi connectivity index (χ2v) is 6.64. The zero-order chi connectivity index (χ0) is 13.8. The smallest absolute Gasteiger partial charge is 0.240 e. The van der Waals surface area contributed by atoms with Gasteiger partial charge < -0.3 is 5.73 Å². The quantitative estimate of drug-likeness (QED) is 0.619. The van der Waals surface area contributed by atoms with Crippen LogP contribution in [-0.2, 0) is 10.0 Å². The zero-order valence-corrected chi connectivity index (χ0v) is 12.0. The first-order valence-electron chi connectivity index (χ1n) is 5.42. The van der Waals surface area contributed by atoms with Crippen molar-refractivity contribution in [3.8, 4) is 0 Å². The molecule has 0 bridgehead atoms. The molecule has 0 spiro atoms. The van der Waals surface area contributed by atoms with E-state index >= 15 is 0 Å². The van der Waals surface area contributed by atoms with E-state index in [-0.39, 0.29) is 16.1 Å². The highest BCUT2D eigenvalue weighted by Gasteiger charge is 2.16. The lowest BCUT2D eigenvalue weighted by Crippen LogP contribution is -2.25. The number of rotatable bonds is 6. The SMILES string of the molecule is CSCCCNS(=O)(=O)c1cc(C)c(F)c(N)c1. The summed E-state index contributed by atoms with van der Waals surface area (Å²) in [5.41, 5.74) is 5.49. The van der Waals surface area contributed by atoms with Crippen LogP contribution >= 0.6 is 11.8 Å². The molecular weight excluding hydrogens is 275 g/mol. The summed E-state index contributed by atoms with van der Waals surface area (Å²) in [6, 6.07) is 2.42. The van der Waals surface area contributed by atoms with E-state index in [0.29, 0.717) is 6.54 Å². The maximum Gasteiger partial charge on any atom is 0.240 e. The fraction of sp³-hybridized carbons (Fsp3) is 0.455. The minimum absolute atomic E-state index is 0.00283. The van der Waals surface area contributed by atoms with Gasteiger partial charge in [-0.05, 0) is 43.0 Å². The minimum Gasteiger partial charge on any atom is -0.396 e. The minimum atomic E-state index is -3.61. The first-order valence-corrected chi connectivity index (χ1v) is 8.30. The van der Waals surface area contributed by atoms with Gasteiger partial charge in [0.15, 0.2) is 0 Å². The van der Waals surface area contributed by atoms with Gasteiger partial charge in [0.1, 0.15) is 5.82 Å². The number of hydrogen-bond acceptors (Lipinski definition) is 4. The highest BCUT2D eigenvalue weighted by Crippen LogP contribution is 2.20. The topological polar surface area (TPSA) is 72.2 Å². The number of sulfonamides is 1. The second-order valence-electron chi connectivity index (χ2n) is 3.89. The molecule has 0 aliphatic rings. The molecule has 0 amide bonds. The van der Waals surface area contributed by atoms with E-state index in [1.54, 1.807) is 11.8 Å². The molecule has 0 saturated carbocycles. The molecule has 1 rings (SSSR count). The predicted molar refractivity (Wildman–Crippen MR) is 73.7 cm³/mol. The molecule has 4 nitrogen and oxygen atoms in total. The van der Waals surface area contributed by atoms with E-state index in [1.165, 1.54) is 13.0 Å². The van der Waals surface area contributed by atoms with E-state index in [2.05, 4.69) is 4.72 Å². The number of nitrogens with two attached hydrogens (primary N) is 1. The highest BCUT2D eigenvalue weighted by molar-refractivity contribution is 7.98. The molecule has 7 heteroatoms. The van der Waals surface area contributed by atoms with Gasteiger partial charge in [0.05, 0.1) is 10.6 Å². The second kappa shape index (κ2) is 6.40. The van der Waals surface area contributed by atoms with E-state index < -0.39 is 15.8 Å². The number of aryl methyl sites for hydroxylation is 1. The third-order valence-corrected chi connectivity index (χ3v) is 4.52. The van der Waals surface area contributed by atoms with Crippen molar-refractivity contribution in [2.75, 3.05) is 24.3 Å². The van der Waals surface area contributed by atoms with Crippen molar-refractivity contribution in [1.82, 2.24) is 4.72 Å². The molecule has 0 atom stereocenters. The summed E-state index contributed by atoms with van der Waals surface area (Å²) in [5.74, 6) is 0.309.